The van der Waals surface area contributed by atoms with Crippen molar-refractivity contribution < 1.29 is 46.3 Å². The molecule has 1 unspecified atom stereocenters. The lowest BCUT2D eigenvalue weighted by molar-refractivity contribution is -0.136. The number of amides is 5. The Morgan fingerprint density at radius 1 is 0.967 bits per heavy atom. The average Bonchev–Trinajstić information content (AvgIpc) is 3.47. The van der Waals surface area contributed by atoms with Crippen molar-refractivity contribution in [1.82, 2.24) is 24.5 Å². The quantitative estimate of drug-likeness (QED) is 0.0815. The Morgan fingerprint density at radius 3 is 2.48 bits per heavy atom. The van der Waals surface area contributed by atoms with E-state index in [1.807, 2.05) is 0 Å². The number of ether oxygens (including phenoxy) is 1. The fraction of sp³-hybridized carbons (Fsp3) is 0.463. The first kappa shape index (κ1) is 45.2. The monoisotopic (exact) mass is 926 g/mol. The molecule has 3 aliphatic rings. The molecule has 326 valence electrons. The van der Waals surface area contributed by atoms with Gasteiger partial charge in [0.25, 0.3) is 17.7 Å². The first-order valence-electron chi connectivity index (χ1n) is 20.3. The van der Waals surface area contributed by atoms with Gasteiger partial charge in [-0.25, -0.2) is 17.8 Å². The molecule has 2 aromatic carbocycles. The van der Waals surface area contributed by atoms with E-state index >= 15 is 0 Å². The molecule has 6 rings (SSSR count). The maximum Gasteiger partial charge on any atom is 0.266 e. The largest absolute Gasteiger partial charge is 0.493 e. The Hall–Kier alpha value is -5.34. The lowest BCUT2D eigenvalue weighted by Crippen LogP contribution is -2.54. The molecular weight excluding hydrogens is 879 g/mol. The van der Waals surface area contributed by atoms with E-state index in [2.05, 4.69) is 41.8 Å². The van der Waals surface area contributed by atoms with Gasteiger partial charge in [0.05, 0.1) is 39.2 Å². The molecule has 2 fully saturated rings. The van der Waals surface area contributed by atoms with Crippen LogP contribution in [-0.2, 0) is 24.4 Å². The van der Waals surface area contributed by atoms with Gasteiger partial charge in [0.2, 0.25) is 27.8 Å². The highest BCUT2D eigenvalue weighted by Gasteiger charge is 2.46. The molecule has 5 N–H and O–H groups in total. The van der Waals surface area contributed by atoms with Gasteiger partial charge in [-0.15, -0.1) is 0 Å². The number of nitrogens with two attached hydrogens (primary N) is 1. The summed E-state index contributed by atoms with van der Waals surface area (Å²) in [6.07, 6.45) is 8.61. The number of fused-ring (bicyclic) bond motifs is 1. The summed E-state index contributed by atoms with van der Waals surface area (Å²) in [7, 11) is -3.62. The first-order chi connectivity index (χ1) is 29.2. The minimum Gasteiger partial charge on any atom is -0.493 e. The van der Waals surface area contributed by atoms with Crippen LogP contribution in [0.5, 0.6) is 5.75 Å². The number of benzene rings is 2. The van der Waals surface area contributed by atoms with E-state index in [1.165, 1.54) is 28.7 Å². The molecule has 5 amide bonds. The zero-order valence-corrected chi connectivity index (χ0v) is 35.8. The van der Waals surface area contributed by atoms with E-state index in [0.29, 0.717) is 49.7 Å². The Kier molecular flexibility index (Phi) is 15.2. The van der Waals surface area contributed by atoms with Gasteiger partial charge < -0.3 is 21.1 Å². The molecule has 0 spiro atoms. The van der Waals surface area contributed by atoms with Gasteiger partial charge in [-0.3, -0.25) is 39.0 Å². The molecule has 1 aromatic heterocycles. The second kappa shape index (κ2) is 20.5. The number of piperidine rings is 2. The van der Waals surface area contributed by atoms with Crippen LogP contribution in [0.15, 0.2) is 47.1 Å². The van der Waals surface area contributed by atoms with E-state index in [4.69, 9.17) is 10.5 Å². The van der Waals surface area contributed by atoms with E-state index in [-0.39, 0.29) is 89.7 Å². The van der Waals surface area contributed by atoms with Crippen LogP contribution in [0.3, 0.4) is 0 Å². The van der Waals surface area contributed by atoms with Crippen molar-refractivity contribution in [2.45, 2.75) is 95.6 Å². The second-order valence-electron chi connectivity index (χ2n) is 15.2. The van der Waals surface area contributed by atoms with Crippen molar-refractivity contribution in [1.29, 1.82) is 0 Å². The number of Topliss-reactive ketones (excluding diaryl/α,β-unsaturated/α-hetero) is 1. The molecule has 4 heterocycles. The minimum atomic E-state index is -3.62. The van der Waals surface area contributed by atoms with Crippen LogP contribution < -0.4 is 26.4 Å². The smallest absolute Gasteiger partial charge is 0.266 e. The first-order valence-corrected chi connectivity index (χ1v) is 22.7. The molecule has 17 nitrogen and oxygen atoms in total. The lowest BCUT2D eigenvalue weighted by Gasteiger charge is -2.32. The molecule has 3 aliphatic heterocycles. The average molecular weight is 928 g/mol. The molecule has 2 saturated heterocycles. The summed E-state index contributed by atoms with van der Waals surface area (Å²) < 4.78 is 48.5. The highest BCUT2D eigenvalue weighted by Crippen LogP contribution is 2.34. The highest BCUT2D eigenvalue weighted by molar-refractivity contribution is 9.10. The van der Waals surface area contributed by atoms with Crippen LogP contribution in [0.25, 0.3) is 0 Å². The number of hydrogen-bond donors (Lipinski definition) is 4. The zero-order chi connectivity index (χ0) is 43.7. The summed E-state index contributed by atoms with van der Waals surface area (Å²) >= 11 is 3.35. The number of ketones is 1. The number of carbonyl (C=O) groups is 6. The van der Waals surface area contributed by atoms with Crippen LogP contribution in [0.1, 0.15) is 115 Å². The predicted molar refractivity (Wildman–Crippen MR) is 225 cm³/mol. The molecule has 0 saturated carbocycles. The third kappa shape index (κ3) is 11.3. The molecule has 0 radical (unpaired) electrons. The number of sulfonamides is 1. The normalized spacial score (nSPS) is 18.2. The van der Waals surface area contributed by atoms with Crippen LogP contribution in [0.4, 0.5) is 21.8 Å². The van der Waals surface area contributed by atoms with Gasteiger partial charge in [0.1, 0.15) is 29.2 Å². The van der Waals surface area contributed by atoms with Crippen LogP contribution in [0, 0.1) is 5.82 Å². The molecule has 0 aliphatic carbocycles. The fourth-order valence-corrected chi connectivity index (χ4v) is 9.52. The number of hydrogen-bond acceptors (Lipinski definition) is 13. The summed E-state index contributed by atoms with van der Waals surface area (Å²) in [5.74, 6) is -3.41. The van der Waals surface area contributed by atoms with Gasteiger partial charge in [0.15, 0.2) is 0 Å². The Labute approximate surface area is 360 Å². The molecule has 0 bridgehead atoms. The Morgan fingerprint density at radius 2 is 1.70 bits per heavy atom. The third-order valence-electron chi connectivity index (χ3n) is 10.8. The molecule has 61 heavy (non-hydrogen) atoms. The summed E-state index contributed by atoms with van der Waals surface area (Å²) in [5.41, 5.74) is 5.47. The van der Waals surface area contributed by atoms with E-state index in [0.717, 1.165) is 36.6 Å². The Bertz CT molecular complexity index is 2300. The third-order valence-corrected chi connectivity index (χ3v) is 13.3. The van der Waals surface area contributed by atoms with Crippen molar-refractivity contribution in [3.8, 4) is 5.75 Å². The standard InChI is InChI=1S/C41H48BrFN8O9S/c42-28-23-45-41(49-37(28)47-30-16-8-15-29(43)35(30)36(44)54)46-25-11-9-20-50(24-25)61(58,59)22-10-13-26(52)12-5-3-1-2-4-6-21-60-32-17-7-14-27-34(32)40(57)51(39(27)56)31-18-19-33(53)48-38(31)55/h7-8,14-17,23,25,31H,1-6,9-13,18-22,24H2,(H2,44,54)(H,48,53,55)(H2,45,46,47,49)/t25-,31?/m1/s1. The van der Waals surface area contributed by atoms with Crippen LogP contribution in [0.2, 0.25) is 0 Å². The fourth-order valence-electron chi connectivity index (χ4n) is 7.65. The number of nitrogens with zero attached hydrogens (tertiary/aromatic N) is 4. The summed E-state index contributed by atoms with van der Waals surface area (Å²) in [6, 6.07) is 7.47. The van der Waals surface area contributed by atoms with Gasteiger partial charge >= 0.3 is 0 Å². The van der Waals surface area contributed by atoms with Gasteiger partial charge in [-0.2, -0.15) is 9.29 Å². The second-order valence-corrected chi connectivity index (χ2v) is 18.1. The minimum absolute atomic E-state index is 0.0272. The number of anilines is 3. The van der Waals surface area contributed by atoms with Crippen molar-refractivity contribution in [3.05, 3.63) is 69.6 Å². The number of halogens is 2. The number of aromatic nitrogens is 2. The van der Waals surface area contributed by atoms with Gasteiger partial charge in [0, 0.05) is 44.6 Å². The number of carbonyl (C=O) groups excluding carboxylic acids is 6. The number of rotatable bonds is 21. The maximum absolute atomic E-state index is 14.3. The molecular formula is C41H48BrFN8O9S. The number of imide groups is 2. The maximum atomic E-state index is 14.3. The van der Waals surface area contributed by atoms with Crippen molar-refractivity contribution in [3.63, 3.8) is 0 Å². The Balaban J connectivity index is 0.850. The van der Waals surface area contributed by atoms with Crippen molar-refractivity contribution >= 4 is 78.7 Å². The lowest BCUT2D eigenvalue weighted by atomic mass is 10.0. The van der Waals surface area contributed by atoms with Gasteiger partial charge in [-0.05, 0) is 78.7 Å². The molecule has 20 heteroatoms. The van der Waals surface area contributed by atoms with Crippen molar-refractivity contribution in [2.75, 3.05) is 36.1 Å². The van der Waals surface area contributed by atoms with Crippen LogP contribution in [-0.4, -0.2) is 100 Å². The predicted octanol–water partition coefficient (Wildman–Crippen LogP) is 4.99. The summed E-state index contributed by atoms with van der Waals surface area (Å²) in [6.45, 7) is 0.885. The van der Waals surface area contributed by atoms with E-state index in [9.17, 15) is 41.6 Å². The topological polar surface area (TPSA) is 240 Å². The SMILES string of the molecule is NC(=O)c1c(F)cccc1Nc1nc(N[C@@H]2CCCN(S(=O)(=O)CCCC(=O)CCCCCCCCOc3cccc4c3C(=O)N(C3CCC(=O)NC3=O)C4=O)C2)ncc1Br. The van der Waals surface area contributed by atoms with Crippen LogP contribution >= 0.6 is 15.9 Å². The summed E-state index contributed by atoms with van der Waals surface area (Å²) in [4.78, 5) is 84.2. The number of nitrogens with one attached hydrogen (secondary N) is 3. The van der Waals surface area contributed by atoms with E-state index in [1.54, 1.807) is 12.1 Å². The number of primary amides is 1. The highest BCUT2D eigenvalue weighted by atomic mass is 79.9. The molecule has 3 aromatic rings. The zero-order valence-electron chi connectivity index (χ0n) is 33.4. The number of unbranched alkanes of at least 4 members (excludes halogenated alkanes) is 5. The molecule has 2 atom stereocenters. The van der Waals surface area contributed by atoms with Crippen molar-refractivity contribution in [2.24, 2.45) is 5.73 Å². The summed E-state index contributed by atoms with van der Waals surface area (Å²) in [5, 5.41) is 8.28. The van der Waals surface area contributed by atoms with E-state index < -0.39 is 51.4 Å². The van der Waals surface area contributed by atoms with Gasteiger partial charge in [-0.1, -0.05) is 37.8 Å².